The van der Waals surface area contributed by atoms with Gasteiger partial charge in [-0.3, -0.25) is 9.59 Å². The monoisotopic (exact) mass is 241 g/mol. The van der Waals surface area contributed by atoms with E-state index < -0.39 is 0 Å². The van der Waals surface area contributed by atoms with E-state index in [0.717, 1.165) is 19.3 Å². The molecule has 3 N–H and O–H groups in total. The molecule has 1 aliphatic rings. The Kier molecular flexibility index (Phi) is 4.93. The van der Waals surface area contributed by atoms with Gasteiger partial charge in [-0.25, -0.2) is 0 Å². The Balaban J connectivity index is 2.54. The summed E-state index contributed by atoms with van der Waals surface area (Å²) in [6.45, 7) is 2.19. The van der Waals surface area contributed by atoms with Gasteiger partial charge in [0.2, 0.25) is 11.8 Å². The Morgan fingerprint density at radius 3 is 2.59 bits per heavy atom. The fraction of sp³-hybridized carbons (Fsp3) is 0.833. The summed E-state index contributed by atoms with van der Waals surface area (Å²) in [6, 6.07) is 0.221. The van der Waals surface area contributed by atoms with Gasteiger partial charge in [0.05, 0.1) is 6.54 Å². The first-order chi connectivity index (χ1) is 7.95. The molecule has 1 aliphatic carbocycles. The summed E-state index contributed by atoms with van der Waals surface area (Å²) in [5.41, 5.74) is 5.88. The largest absolute Gasteiger partial charge is 0.358 e. The number of likely N-dealkylation sites (N-methyl/N-ethyl adjacent to an activating group) is 2. The molecular formula is C12H23N3O2. The molecule has 98 valence electrons. The maximum atomic E-state index is 12.2. The molecule has 5 nitrogen and oxygen atoms in total. The maximum absolute atomic E-state index is 12.2. The third-order valence-electron chi connectivity index (χ3n) is 3.56. The van der Waals surface area contributed by atoms with Crippen molar-refractivity contribution >= 4 is 11.8 Å². The second kappa shape index (κ2) is 6.00. The Morgan fingerprint density at radius 2 is 2.06 bits per heavy atom. The van der Waals surface area contributed by atoms with Gasteiger partial charge >= 0.3 is 0 Å². The zero-order valence-corrected chi connectivity index (χ0v) is 10.9. The van der Waals surface area contributed by atoms with Crippen LogP contribution in [0.2, 0.25) is 0 Å². The van der Waals surface area contributed by atoms with Crippen molar-refractivity contribution in [1.82, 2.24) is 10.2 Å². The fourth-order valence-corrected chi connectivity index (χ4v) is 2.46. The number of amides is 2. The first-order valence-corrected chi connectivity index (χ1v) is 6.16. The summed E-state index contributed by atoms with van der Waals surface area (Å²) in [7, 11) is 3.25. The molecule has 3 atom stereocenters. The molecule has 0 aromatic carbocycles. The number of hydrogen-bond donors (Lipinski definition) is 2. The fourth-order valence-electron chi connectivity index (χ4n) is 2.46. The van der Waals surface area contributed by atoms with Gasteiger partial charge in [0.25, 0.3) is 0 Å². The maximum Gasteiger partial charge on any atom is 0.239 e. The lowest BCUT2D eigenvalue weighted by Gasteiger charge is -2.33. The minimum Gasteiger partial charge on any atom is -0.358 e. The second-order valence-electron chi connectivity index (χ2n) is 5.02. The van der Waals surface area contributed by atoms with Crippen molar-refractivity contribution in [3.63, 3.8) is 0 Å². The van der Waals surface area contributed by atoms with Gasteiger partial charge < -0.3 is 16.0 Å². The quantitative estimate of drug-likeness (QED) is 0.727. The third-order valence-corrected chi connectivity index (χ3v) is 3.56. The van der Waals surface area contributed by atoms with Crippen LogP contribution in [0, 0.1) is 11.8 Å². The third kappa shape index (κ3) is 3.70. The van der Waals surface area contributed by atoms with Gasteiger partial charge in [0.1, 0.15) is 0 Å². The smallest absolute Gasteiger partial charge is 0.239 e. The second-order valence-corrected chi connectivity index (χ2v) is 5.02. The van der Waals surface area contributed by atoms with Crippen molar-refractivity contribution in [3.05, 3.63) is 0 Å². The number of nitrogens with zero attached hydrogens (tertiary/aromatic N) is 1. The van der Waals surface area contributed by atoms with E-state index in [1.165, 1.54) is 4.90 Å². The zero-order chi connectivity index (χ0) is 13.0. The molecule has 2 amide bonds. The van der Waals surface area contributed by atoms with Gasteiger partial charge in [-0.2, -0.15) is 0 Å². The molecule has 0 aliphatic heterocycles. The van der Waals surface area contributed by atoms with Crippen LogP contribution in [0.4, 0.5) is 0 Å². The lowest BCUT2D eigenvalue weighted by molar-refractivity contribution is -0.140. The molecule has 0 bridgehead atoms. The van der Waals surface area contributed by atoms with Crippen LogP contribution in [-0.4, -0.2) is 43.4 Å². The van der Waals surface area contributed by atoms with Crippen molar-refractivity contribution in [3.8, 4) is 0 Å². The predicted octanol–water partition coefficient (Wildman–Crippen LogP) is -0.0457. The molecule has 0 aromatic heterocycles. The van der Waals surface area contributed by atoms with Crippen LogP contribution in [0.1, 0.15) is 26.2 Å². The van der Waals surface area contributed by atoms with E-state index in [2.05, 4.69) is 12.2 Å². The van der Waals surface area contributed by atoms with Crippen LogP contribution >= 0.6 is 0 Å². The van der Waals surface area contributed by atoms with Gasteiger partial charge in [-0.05, 0) is 25.2 Å². The summed E-state index contributed by atoms with van der Waals surface area (Å²) in [6.07, 6.45) is 2.62. The average Bonchev–Trinajstić information content (AvgIpc) is 2.28. The molecule has 1 rings (SSSR count). The number of hydrogen-bond acceptors (Lipinski definition) is 3. The van der Waals surface area contributed by atoms with Gasteiger partial charge in [-0.15, -0.1) is 0 Å². The van der Waals surface area contributed by atoms with Crippen LogP contribution in [0.15, 0.2) is 0 Å². The normalized spacial score (nSPS) is 28.6. The topological polar surface area (TPSA) is 75.4 Å². The van der Waals surface area contributed by atoms with Gasteiger partial charge in [0, 0.05) is 26.1 Å². The number of carbonyl (C=O) groups is 2. The summed E-state index contributed by atoms with van der Waals surface area (Å²) in [4.78, 5) is 24.9. The van der Waals surface area contributed by atoms with Crippen LogP contribution in [-0.2, 0) is 9.59 Å². The van der Waals surface area contributed by atoms with Gasteiger partial charge in [0.15, 0.2) is 0 Å². The minimum absolute atomic E-state index is 0.0180. The molecule has 5 heteroatoms. The lowest BCUT2D eigenvalue weighted by atomic mass is 9.77. The highest BCUT2D eigenvalue weighted by Gasteiger charge is 2.32. The van der Waals surface area contributed by atoms with Crippen molar-refractivity contribution < 1.29 is 9.59 Å². The standard InChI is InChI=1S/C12H23N3O2/c1-8-6-9(13)4-5-10(8)12(17)15(3)7-11(16)14-2/h8-10H,4-7,13H2,1-3H3,(H,14,16). The summed E-state index contributed by atoms with van der Waals surface area (Å²) < 4.78 is 0. The van der Waals surface area contributed by atoms with E-state index in [1.807, 2.05) is 0 Å². The first kappa shape index (κ1) is 14.0. The Bertz CT molecular complexity index is 293. The van der Waals surface area contributed by atoms with E-state index in [9.17, 15) is 9.59 Å². The Morgan fingerprint density at radius 1 is 1.41 bits per heavy atom. The molecular weight excluding hydrogens is 218 g/mol. The number of nitrogens with two attached hydrogens (primary N) is 1. The summed E-state index contributed by atoms with van der Waals surface area (Å²) >= 11 is 0. The highest BCUT2D eigenvalue weighted by Crippen LogP contribution is 2.30. The SMILES string of the molecule is CNC(=O)CN(C)C(=O)C1CCC(N)CC1C. The van der Waals surface area contributed by atoms with Gasteiger partial charge in [-0.1, -0.05) is 6.92 Å². The van der Waals surface area contributed by atoms with E-state index >= 15 is 0 Å². The average molecular weight is 241 g/mol. The molecule has 0 aromatic rings. The van der Waals surface area contributed by atoms with Crippen LogP contribution in [0.5, 0.6) is 0 Å². The Labute approximate surface area is 103 Å². The first-order valence-electron chi connectivity index (χ1n) is 6.16. The Hall–Kier alpha value is -1.10. The molecule has 1 fully saturated rings. The molecule has 0 saturated heterocycles. The van der Waals surface area contributed by atoms with E-state index in [4.69, 9.17) is 5.73 Å². The number of rotatable bonds is 3. The molecule has 3 unspecified atom stereocenters. The van der Waals surface area contributed by atoms with Crippen LogP contribution in [0.25, 0.3) is 0 Å². The summed E-state index contributed by atoms with van der Waals surface area (Å²) in [5.74, 6) is 0.247. The minimum atomic E-state index is -0.138. The van der Waals surface area contributed by atoms with Crippen molar-refractivity contribution in [2.45, 2.75) is 32.2 Å². The zero-order valence-electron chi connectivity index (χ0n) is 10.9. The van der Waals surface area contributed by atoms with E-state index in [-0.39, 0.29) is 30.3 Å². The van der Waals surface area contributed by atoms with Crippen molar-refractivity contribution in [1.29, 1.82) is 0 Å². The van der Waals surface area contributed by atoms with Crippen molar-refractivity contribution in [2.24, 2.45) is 17.6 Å². The van der Waals surface area contributed by atoms with E-state index in [0.29, 0.717) is 5.92 Å². The molecule has 1 saturated carbocycles. The molecule has 0 spiro atoms. The highest BCUT2D eigenvalue weighted by atomic mass is 16.2. The lowest BCUT2D eigenvalue weighted by Crippen LogP contribution is -2.44. The molecule has 17 heavy (non-hydrogen) atoms. The molecule has 0 heterocycles. The number of carbonyl (C=O) groups excluding carboxylic acids is 2. The highest BCUT2D eigenvalue weighted by molar-refractivity contribution is 5.85. The van der Waals surface area contributed by atoms with Crippen LogP contribution < -0.4 is 11.1 Å². The van der Waals surface area contributed by atoms with Crippen LogP contribution in [0.3, 0.4) is 0 Å². The van der Waals surface area contributed by atoms with E-state index in [1.54, 1.807) is 14.1 Å². The molecule has 0 radical (unpaired) electrons. The number of nitrogens with one attached hydrogen (secondary N) is 1. The predicted molar refractivity (Wildman–Crippen MR) is 66.2 cm³/mol. The van der Waals surface area contributed by atoms with Crippen molar-refractivity contribution in [2.75, 3.05) is 20.6 Å². The summed E-state index contributed by atoms with van der Waals surface area (Å²) in [5, 5.41) is 2.52.